The van der Waals surface area contributed by atoms with Crippen LogP contribution < -0.4 is 10.9 Å². The average molecular weight is 350 g/mol. The normalized spacial score (nSPS) is 16.4. The van der Waals surface area contributed by atoms with Crippen LogP contribution in [0.5, 0.6) is 0 Å². The third-order valence-corrected chi connectivity index (χ3v) is 5.37. The summed E-state index contributed by atoms with van der Waals surface area (Å²) in [5, 5.41) is 8.11. The summed E-state index contributed by atoms with van der Waals surface area (Å²) in [6, 6.07) is 1.51. The van der Waals surface area contributed by atoms with Crippen molar-refractivity contribution < 1.29 is 9.53 Å². The molecule has 0 amide bonds. The molecule has 130 valence electrons. The number of aryl methyl sites for hydroxylation is 1. The van der Waals surface area contributed by atoms with Crippen molar-refractivity contribution in [1.29, 1.82) is 0 Å². The highest BCUT2D eigenvalue weighted by atomic mass is 32.1. The van der Waals surface area contributed by atoms with E-state index in [0.717, 1.165) is 31.4 Å². The molecular formula is C16H22N4O3S. The van der Waals surface area contributed by atoms with Gasteiger partial charge in [0.2, 0.25) is 10.1 Å². The van der Waals surface area contributed by atoms with Crippen LogP contribution in [0.4, 0.5) is 5.13 Å². The average Bonchev–Trinajstić information content (AvgIpc) is 3.20. The van der Waals surface area contributed by atoms with E-state index in [1.54, 1.807) is 0 Å². The summed E-state index contributed by atoms with van der Waals surface area (Å²) >= 11 is 1.33. The number of hydrogen-bond donors (Lipinski definition) is 1. The molecule has 0 bridgehead atoms. The molecule has 0 radical (unpaired) electrons. The van der Waals surface area contributed by atoms with Gasteiger partial charge in [-0.1, -0.05) is 31.1 Å². The fourth-order valence-electron chi connectivity index (χ4n) is 3.14. The van der Waals surface area contributed by atoms with Crippen molar-refractivity contribution in [2.75, 3.05) is 18.5 Å². The highest BCUT2D eigenvalue weighted by Crippen LogP contribution is 2.39. The van der Waals surface area contributed by atoms with Crippen molar-refractivity contribution >= 4 is 27.4 Å². The van der Waals surface area contributed by atoms with E-state index in [-0.39, 0.29) is 11.5 Å². The van der Waals surface area contributed by atoms with Gasteiger partial charge in [0.05, 0.1) is 12.0 Å². The van der Waals surface area contributed by atoms with Gasteiger partial charge in [0, 0.05) is 18.3 Å². The Bertz CT molecular complexity index is 792. The molecule has 1 aliphatic carbocycles. The monoisotopic (exact) mass is 350 g/mol. The van der Waals surface area contributed by atoms with Crippen LogP contribution in [0.3, 0.4) is 0 Å². The minimum atomic E-state index is -0.485. The molecule has 1 N–H and O–H groups in total. The van der Waals surface area contributed by atoms with Crippen LogP contribution in [0.15, 0.2) is 10.9 Å². The summed E-state index contributed by atoms with van der Waals surface area (Å²) in [6.45, 7) is 4.65. The van der Waals surface area contributed by atoms with Crippen molar-refractivity contribution in [1.82, 2.24) is 14.6 Å². The van der Waals surface area contributed by atoms with Crippen LogP contribution in [-0.4, -0.2) is 33.7 Å². The summed E-state index contributed by atoms with van der Waals surface area (Å²) in [6.07, 6.45) is 4.41. The van der Waals surface area contributed by atoms with Crippen molar-refractivity contribution in [3.05, 3.63) is 22.1 Å². The first-order valence-corrected chi connectivity index (χ1v) is 9.20. The van der Waals surface area contributed by atoms with Crippen molar-refractivity contribution in [2.24, 2.45) is 5.41 Å². The Kier molecular flexibility index (Phi) is 4.84. The lowest BCUT2D eigenvalue weighted by atomic mass is 9.86. The van der Waals surface area contributed by atoms with E-state index in [0.29, 0.717) is 29.7 Å². The van der Waals surface area contributed by atoms with Crippen LogP contribution in [0.2, 0.25) is 0 Å². The van der Waals surface area contributed by atoms with Gasteiger partial charge in [0.25, 0.3) is 5.56 Å². The molecule has 0 spiro atoms. The van der Waals surface area contributed by atoms with Crippen molar-refractivity contribution in [3.8, 4) is 0 Å². The molecule has 3 rings (SSSR count). The first-order valence-electron chi connectivity index (χ1n) is 8.39. The lowest BCUT2D eigenvalue weighted by Gasteiger charge is -2.26. The SMILES string of the molecule is CCOC(=O)C1(CNc2nn3c(=O)cc(CC)nc3s2)CCCC1. The number of nitrogens with zero attached hydrogens (tertiary/aromatic N) is 3. The zero-order valence-electron chi connectivity index (χ0n) is 14.0. The number of carbonyl (C=O) groups excluding carboxylic acids is 1. The Balaban J connectivity index is 1.80. The third-order valence-electron chi connectivity index (χ3n) is 4.51. The number of rotatable bonds is 6. The maximum atomic E-state index is 12.4. The van der Waals surface area contributed by atoms with Gasteiger partial charge in [-0.15, -0.1) is 5.10 Å². The molecule has 1 fully saturated rings. The molecule has 1 saturated carbocycles. The lowest BCUT2D eigenvalue weighted by molar-refractivity contribution is -0.154. The predicted molar refractivity (Wildman–Crippen MR) is 92.5 cm³/mol. The Hall–Kier alpha value is -1.96. The predicted octanol–water partition coefficient (Wildman–Crippen LogP) is 2.25. The van der Waals surface area contributed by atoms with Gasteiger partial charge >= 0.3 is 5.97 Å². The van der Waals surface area contributed by atoms with E-state index in [9.17, 15) is 9.59 Å². The topological polar surface area (TPSA) is 85.6 Å². The molecule has 2 heterocycles. The summed E-state index contributed by atoms with van der Waals surface area (Å²) < 4.78 is 6.57. The number of fused-ring (bicyclic) bond motifs is 1. The largest absolute Gasteiger partial charge is 0.466 e. The zero-order chi connectivity index (χ0) is 17.2. The van der Waals surface area contributed by atoms with Crippen molar-refractivity contribution in [2.45, 2.75) is 46.0 Å². The van der Waals surface area contributed by atoms with E-state index >= 15 is 0 Å². The molecule has 7 nitrogen and oxygen atoms in total. The van der Waals surface area contributed by atoms with Crippen LogP contribution in [0.1, 0.15) is 45.2 Å². The Morgan fingerprint density at radius 1 is 1.42 bits per heavy atom. The van der Waals surface area contributed by atoms with Gasteiger partial charge in [-0.2, -0.15) is 4.52 Å². The molecule has 0 unspecified atom stereocenters. The van der Waals surface area contributed by atoms with E-state index in [1.165, 1.54) is 21.9 Å². The van der Waals surface area contributed by atoms with Gasteiger partial charge in [0.15, 0.2) is 0 Å². The minimum absolute atomic E-state index is 0.139. The van der Waals surface area contributed by atoms with Gasteiger partial charge in [0.1, 0.15) is 0 Å². The Morgan fingerprint density at radius 3 is 2.83 bits per heavy atom. The van der Waals surface area contributed by atoms with Gasteiger partial charge in [-0.25, -0.2) is 4.98 Å². The fourth-order valence-corrected chi connectivity index (χ4v) is 3.96. The van der Waals surface area contributed by atoms with Crippen LogP contribution in [0.25, 0.3) is 4.96 Å². The molecule has 1 aliphatic rings. The molecule has 0 aliphatic heterocycles. The molecule has 0 aromatic carbocycles. The number of esters is 1. The first kappa shape index (κ1) is 16.9. The van der Waals surface area contributed by atoms with Crippen molar-refractivity contribution in [3.63, 3.8) is 0 Å². The van der Waals surface area contributed by atoms with E-state index in [4.69, 9.17) is 4.74 Å². The maximum Gasteiger partial charge on any atom is 0.313 e. The fraction of sp³-hybridized carbons (Fsp3) is 0.625. The molecule has 24 heavy (non-hydrogen) atoms. The highest BCUT2D eigenvalue weighted by Gasteiger charge is 2.42. The Morgan fingerprint density at radius 2 is 2.17 bits per heavy atom. The van der Waals surface area contributed by atoms with Crippen LogP contribution in [-0.2, 0) is 16.0 Å². The van der Waals surface area contributed by atoms with E-state index in [1.807, 2.05) is 13.8 Å². The second-order valence-corrected chi connectivity index (χ2v) is 7.06. The number of ether oxygens (including phenoxy) is 1. The zero-order valence-corrected chi connectivity index (χ0v) is 14.8. The lowest BCUT2D eigenvalue weighted by Crippen LogP contribution is -2.37. The summed E-state index contributed by atoms with van der Waals surface area (Å²) in [5.74, 6) is -0.139. The highest BCUT2D eigenvalue weighted by molar-refractivity contribution is 7.20. The second kappa shape index (κ2) is 6.88. The molecule has 2 aromatic heterocycles. The van der Waals surface area contributed by atoms with Crippen LogP contribution in [0, 0.1) is 5.41 Å². The number of aromatic nitrogens is 3. The Labute approximate surface area is 144 Å². The first-order chi connectivity index (χ1) is 11.6. The molecule has 0 saturated heterocycles. The molecule has 0 atom stereocenters. The number of carbonyl (C=O) groups is 1. The van der Waals surface area contributed by atoms with E-state index in [2.05, 4.69) is 15.4 Å². The smallest absolute Gasteiger partial charge is 0.313 e. The quantitative estimate of drug-likeness (QED) is 0.804. The summed E-state index contributed by atoms with van der Waals surface area (Å²) in [7, 11) is 0. The minimum Gasteiger partial charge on any atom is -0.466 e. The maximum absolute atomic E-state index is 12.4. The third kappa shape index (κ3) is 3.15. The summed E-state index contributed by atoms with van der Waals surface area (Å²) in [5.41, 5.74) is 0.0944. The molecular weight excluding hydrogens is 328 g/mol. The number of anilines is 1. The van der Waals surface area contributed by atoms with Gasteiger partial charge in [-0.05, 0) is 26.2 Å². The van der Waals surface area contributed by atoms with E-state index < -0.39 is 5.41 Å². The number of hydrogen-bond acceptors (Lipinski definition) is 7. The van der Waals surface area contributed by atoms with Crippen LogP contribution >= 0.6 is 11.3 Å². The van der Waals surface area contributed by atoms with Gasteiger partial charge < -0.3 is 10.1 Å². The molecule has 8 heteroatoms. The van der Waals surface area contributed by atoms with Gasteiger partial charge in [-0.3, -0.25) is 9.59 Å². The second-order valence-electron chi connectivity index (χ2n) is 6.10. The number of nitrogens with one attached hydrogen (secondary N) is 1. The molecule has 2 aromatic rings. The summed E-state index contributed by atoms with van der Waals surface area (Å²) in [4.78, 5) is 29.4. The standard InChI is InChI=1S/C16H22N4O3S/c1-3-11-9-12(21)20-15(18-11)24-14(19-20)17-10-16(7-5-6-8-16)13(22)23-4-2/h9H,3-8,10H2,1-2H3,(H,17,19).